The number of amides is 2. The zero-order valence-electron chi connectivity index (χ0n) is 17.2. The van der Waals surface area contributed by atoms with Crippen LogP contribution in [0, 0.1) is 11.3 Å². The molecule has 1 fully saturated rings. The number of ether oxygens (including phenoxy) is 2. The molecule has 0 atom stereocenters. The molecule has 2 amide bonds. The van der Waals surface area contributed by atoms with Crippen molar-refractivity contribution in [1.82, 2.24) is 10.2 Å². The number of hydrogen-bond acceptors (Lipinski definition) is 6. The SMILES string of the molecule is CC(C)(C)OC(=O)NC1CCN(CCN2C(=O)COc3ccc(C#N)cc32)CC1. The van der Waals surface area contributed by atoms with Crippen LogP contribution in [0.15, 0.2) is 18.2 Å². The van der Waals surface area contributed by atoms with Crippen molar-refractivity contribution in [1.29, 1.82) is 5.26 Å². The number of alkyl carbamates (subject to hydrolysis) is 1. The maximum absolute atomic E-state index is 12.4. The summed E-state index contributed by atoms with van der Waals surface area (Å²) in [4.78, 5) is 28.3. The predicted molar refractivity (Wildman–Crippen MR) is 108 cm³/mol. The Balaban J connectivity index is 1.50. The summed E-state index contributed by atoms with van der Waals surface area (Å²) in [7, 11) is 0. The third-order valence-corrected chi connectivity index (χ3v) is 4.98. The van der Waals surface area contributed by atoms with E-state index in [0.717, 1.165) is 32.5 Å². The molecule has 2 heterocycles. The first-order chi connectivity index (χ1) is 13.7. The molecule has 29 heavy (non-hydrogen) atoms. The molecule has 1 aromatic rings. The van der Waals surface area contributed by atoms with Gasteiger partial charge >= 0.3 is 6.09 Å². The van der Waals surface area contributed by atoms with Crippen LogP contribution in [-0.4, -0.2) is 61.3 Å². The summed E-state index contributed by atoms with van der Waals surface area (Å²) in [6.45, 7) is 8.49. The Kier molecular flexibility index (Phi) is 6.28. The highest BCUT2D eigenvalue weighted by atomic mass is 16.6. The van der Waals surface area contributed by atoms with Crippen molar-refractivity contribution in [3.63, 3.8) is 0 Å². The topological polar surface area (TPSA) is 94.9 Å². The number of likely N-dealkylation sites (tertiary alicyclic amines) is 1. The minimum atomic E-state index is -0.503. The molecule has 0 bridgehead atoms. The molecule has 156 valence electrons. The van der Waals surface area contributed by atoms with E-state index in [0.29, 0.717) is 23.5 Å². The number of nitriles is 1. The van der Waals surface area contributed by atoms with Gasteiger partial charge in [0, 0.05) is 32.2 Å². The first kappa shape index (κ1) is 20.9. The van der Waals surface area contributed by atoms with Crippen LogP contribution in [-0.2, 0) is 9.53 Å². The lowest BCUT2D eigenvalue weighted by molar-refractivity contribution is -0.121. The minimum Gasteiger partial charge on any atom is -0.482 e. The molecule has 0 radical (unpaired) electrons. The number of nitrogens with zero attached hydrogens (tertiary/aromatic N) is 3. The van der Waals surface area contributed by atoms with Gasteiger partial charge < -0.3 is 24.6 Å². The summed E-state index contributed by atoms with van der Waals surface area (Å²) >= 11 is 0. The zero-order valence-corrected chi connectivity index (χ0v) is 17.2. The zero-order chi connectivity index (χ0) is 21.0. The Bertz CT molecular complexity index is 804. The van der Waals surface area contributed by atoms with Crippen molar-refractivity contribution in [3.05, 3.63) is 23.8 Å². The second-order valence-corrected chi connectivity index (χ2v) is 8.39. The van der Waals surface area contributed by atoms with Gasteiger partial charge in [-0.3, -0.25) is 4.79 Å². The monoisotopic (exact) mass is 400 g/mol. The van der Waals surface area contributed by atoms with E-state index < -0.39 is 5.60 Å². The summed E-state index contributed by atoms with van der Waals surface area (Å²) in [6, 6.07) is 7.33. The number of anilines is 1. The maximum Gasteiger partial charge on any atom is 0.407 e. The highest BCUT2D eigenvalue weighted by molar-refractivity contribution is 5.98. The van der Waals surface area contributed by atoms with Crippen molar-refractivity contribution in [2.24, 2.45) is 0 Å². The van der Waals surface area contributed by atoms with E-state index in [4.69, 9.17) is 14.7 Å². The molecular weight excluding hydrogens is 372 g/mol. The van der Waals surface area contributed by atoms with Crippen LogP contribution in [0.1, 0.15) is 39.2 Å². The van der Waals surface area contributed by atoms with Crippen LogP contribution in [0.3, 0.4) is 0 Å². The van der Waals surface area contributed by atoms with Crippen molar-refractivity contribution < 1.29 is 19.1 Å². The van der Waals surface area contributed by atoms with Crippen LogP contribution in [0.25, 0.3) is 0 Å². The Morgan fingerprint density at radius 2 is 2.03 bits per heavy atom. The molecule has 1 N–H and O–H groups in total. The van der Waals surface area contributed by atoms with Gasteiger partial charge in [0.2, 0.25) is 0 Å². The molecule has 0 aromatic heterocycles. The summed E-state index contributed by atoms with van der Waals surface area (Å²) < 4.78 is 10.8. The van der Waals surface area contributed by atoms with E-state index in [1.807, 2.05) is 20.8 Å². The molecule has 0 aliphatic carbocycles. The van der Waals surface area contributed by atoms with Crippen LogP contribution < -0.4 is 15.0 Å². The number of carbonyl (C=O) groups is 2. The van der Waals surface area contributed by atoms with Gasteiger partial charge in [0.05, 0.1) is 17.3 Å². The fourth-order valence-corrected chi connectivity index (χ4v) is 3.53. The molecule has 0 spiro atoms. The number of rotatable bonds is 4. The Morgan fingerprint density at radius 3 is 2.69 bits per heavy atom. The molecule has 2 aliphatic rings. The van der Waals surface area contributed by atoms with E-state index in [2.05, 4.69) is 16.3 Å². The standard InChI is InChI=1S/C21H28N4O4/c1-21(2,3)29-20(27)23-16-6-8-24(9-7-16)10-11-25-17-12-15(13-22)4-5-18(17)28-14-19(25)26/h4-5,12,16H,6-11,14H2,1-3H3,(H,23,27). The fourth-order valence-electron chi connectivity index (χ4n) is 3.53. The lowest BCUT2D eigenvalue weighted by Crippen LogP contribution is -2.48. The molecule has 8 nitrogen and oxygen atoms in total. The highest BCUT2D eigenvalue weighted by Crippen LogP contribution is 2.32. The summed E-state index contributed by atoms with van der Waals surface area (Å²) in [6.07, 6.45) is 1.30. The third kappa shape index (κ3) is 5.61. The number of hydrogen-bond donors (Lipinski definition) is 1. The number of carbonyl (C=O) groups excluding carboxylic acids is 2. The molecular formula is C21H28N4O4. The highest BCUT2D eigenvalue weighted by Gasteiger charge is 2.28. The van der Waals surface area contributed by atoms with Crippen molar-refractivity contribution >= 4 is 17.7 Å². The van der Waals surface area contributed by atoms with E-state index >= 15 is 0 Å². The number of nitrogens with one attached hydrogen (secondary N) is 1. The summed E-state index contributed by atoms with van der Waals surface area (Å²) in [5.41, 5.74) is 0.653. The van der Waals surface area contributed by atoms with Gasteiger partial charge in [-0.25, -0.2) is 4.79 Å². The normalized spacial score (nSPS) is 17.9. The molecule has 8 heteroatoms. The Labute approximate surface area is 171 Å². The average Bonchev–Trinajstić information content (AvgIpc) is 2.66. The van der Waals surface area contributed by atoms with Crippen LogP contribution >= 0.6 is 0 Å². The molecule has 1 aromatic carbocycles. The van der Waals surface area contributed by atoms with E-state index in [-0.39, 0.29) is 24.6 Å². The van der Waals surface area contributed by atoms with Gasteiger partial charge in [0.25, 0.3) is 5.91 Å². The Hall–Kier alpha value is -2.79. The van der Waals surface area contributed by atoms with Crippen molar-refractivity contribution in [2.75, 3.05) is 37.7 Å². The average molecular weight is 400 g/mol. The lowest BCUT2D eigenvalue weighted by Gasteiger charge is -2.35. The molecule has 0 saturated carbocycles. The maximum atomic E-state index is 12.4. The molecule has 3 rings (SSSR count). The van der Waals surface area contributed by atoms with E-state index in [9.17, 15) is 9.59 Å². The van der Waals surface area contributed by atoms with Gasteiger partial charge in [-0.15, -0.1) is 0 Å². The van der Waals surface area contributed by atoms with Crippen LogP contribution in [0.5, 0.6) is 5.75 Å². The number of piperidine rings is 1. The fraction of sp³-hybridized carbons (Fsp3) is 0.571. The minimum absolute atomic E-state index is 0.0147. The van der Waals surface area contributed by atoms with Gasteiger partial charge in [0.1, 0.15) is 11.4 Å². The van der Waals surface area contributed by atoms with Crippen LogP contribution in [0.4, 0.5) is 10.5 Å². The second-order valence-electron chi connectivity index (χ2n) is 8.39. The number of benzene rings is 1. The lowest BCUT2D eigenvalue weighted by atomic mass is 10.1. The van der Waals surface area contributed by atoms with Crippen molar-refractivity contribution in [3.8, 4) is 11.8 Å². The first-order valence-corrected chi connectivity index (χ1v) is 9.94. The van der Waals surface area contributed by atoms with Crippen LogP contribution in [0.2, 0.25) is 0 Å². The van der Waals surface area contributed by atoms with Gasteiger partial charge in [-0.2, -0.15) is 5.26 Å². The quantitative estimate of drug-likeness (QED) is 0.833. The summed E-state index contributed by atoms with van der Waals surface area (Å²) in [5.74, 6) is 0.526. The van der Waals surface area contributed by atoms with Gasteiger partial charge in [-0.1, -0.05) is 0 Å². The first-order valence-electron chi connectivity index (χ1n) is 9.94. The third-order valence-electron chi connectivity index (χ3n) is 4.98. The second kappa shape index (κ2) is 8.70. The Morgan fingerprint density at radius 1 is 1.31 bits per heavy atom. The smallest absolute Gasteiger partial charge is 0.407 e. The predicted octanol–water partition coefficient (Wildman–Crippen LogP) is 2.27. The molecule has 0 unspecified atom stereocenters. The number of fused-ring (bicyclic) bond motifs is 1. The van der Waals surface area contributed by atoms with Crippen molar-refractivity contribution in [2.45, 2.75) is 45.3 Å². The largest absolute Gasteiger partial charge is 0.482 e. The van der Waals surface area contributed by atoms with Gasteiger partial charge in [0.15, 0.2) is 6.61 Å². The summed E-state index contributed by atoms with van der Waals surface area (Å²) in [5, 5.41) is 12.1. The molecule has 1 saturated heterocycles. The van der Waals surface area contributed by atoms with E-state index in [1.165, 1.54) is 0 Å². The van der Waals surface area contributed by atoms with Gasteiger partial charge in [-0.05, 0) is 51.8 Å². The van der Waals surface area contributed by atoms with E-state index in [1.54, 1.807) is 23.1 Å². The molecule has 2 aliphatic heterocycles.